The zero-order valence-corrected chi connectivity index (χ0v) is 10.1. The van der Waals surface area contributed by atoms with E-state index in [0.29, 0.717) is 16.5 Å². The third kappa shape index (κ3) is 2.36. The Hall–Kier alpha value is -1.68. The Morgan fingerprint density at radius 2 is 2.12 bits per heavy atom. The van der Waals surface area contributed by atoms with Crippen molar-refractivity contribution < 1.29 is 9.13 Å². The molecule has 0 saturated heterocycles. The molecular formula is C12H10ClFN2O. The van der Waals surface area contributed by atoms with Crippen LogP contribution in [0.3, 0.4) is 0 Å². The van der Waals surface area contributed by atoms with Crippen LogP contribution in [0.2, 0.25) is 5.15 Å². The van der Waals surface area contributed by atoms with Gasteiger partial charge in [-0.1, -0.05) is 11.6 Å². The fourth-order valence-electron chi connectivity index (χ4n) is 1.37. The summed E-state index contributed by atoms with van der Waals surface area (Å²) in [7, 11) is 1.41. The van der Waals surface area contributed by atoms with Crippen molar-refractivity contribution in [3.8, 4) is 17.1 Å². The first kappa shape index (κ1) is 11.8. The predicted molar refractivity (Wildman–Crippen MR) is 63.7 cm³/mol. The molecule has 0 aliphatic carbocycles. The molecule has 17 heavy (non-hydrogen) atoms. The van der Waals surface area contributed by atoms with Crippen LogP contribution in [-0.4, -0.2) is 17.1 Å². The van der Waals surface area contributed by atoms with Crippen molar-refractivity contribution in [1.29, 1.82) is 0 Å². The number of aryl methyl sites for hydroxylation is 1. The number of methoxy groups -OCH3 is 1. The third-order valence-corrected chi connectivity index (χ3v) is 2.70. The lowest BCUT2D eigenvalue weighted by atomic mass is 10.2. The van der Waals surface area contributed by atoms with Gasteiger partial charge >= 0.3 is 0 Å². The number of hydrogen-bond acceptors (Lipinski definition) is 3. The van der Waals surface area contributed by atoms with Crippen LogP contribution in [0.1, 0.15) is 5.56 Å². The Kier molecular flexibility index (Phi) is 3.24. The molecular weight excluding hydrogens is 243 g/mol. The zero-order chi connectivity index (χ0) is 12.4. The Bertz CT molecular complexity index is 560. The molecule has 0 atom stereocenters. The maximum absolute atomic E-state index is 13.5. The highest BCUT2D eigenvalue weighted by molar-refractivity contribution is 6.30. The lowest BCUT2D eigenvalue weighted by molar-refractivity contribution is 0.386. The minimum atomic E-state index is -0.453. The molecule has 88 valence electrons. The molecule has 5 heteroatoms. The summed E-state index contributed by atoms with van der Waals surface area (Å²) in [6.07, 6.45) is 1.60. The van der Waals surface area contributed by atoms with E-state index in [2.05, 4.69) is 9.97 Å². The van der Waals surface area contributed by atoms with Gasteiger partial charge < -0.3 is 4.74 Å². The van der Waals surface area contributed by atoms with Gasteiger partial charge in [-0.2, -0.15) is 0 Å². The maximum atomic E-state index is 13.5. The SMILES string of the molecule is COc1ccc(-c2ncc(C)c(Cl)n2)cc1F. The Morgan fingerprint density at radius 1 is 1.35 bits per heavy atom. The third-order valence-electron chi connectivity index (χ3n) is 2.32. The second-order valence-electron chi connectivity index (χ2n) is 3.52. The summed E-state index contributed by atoms with van der Waals surface area (Å²) in [5.74, 6) is 0.124. The summed E-state index contributed by atoms with van der Waals surface area (Å²) < 4.78 is 18.3. The van der Waals surface area contributed by atoms with E-state index in [1.807, 2.05) is 0 Å². The van der Waals surface area contributed by atoms with Gasteiger partial charge in [0.15, 0.2) is 17.4 Å². The topological polar surface area (TPSA) is 35.0 Å². The number of ether oxygens (including phenoxy) is 1. The second-order valence-corrected chi connectivity index (χ2v) is 3.87. The number of rotatable bonds is 2. The molecule has 0 bridgehead atoms. The van der Waals surface area contributed by atoms with Crippen molar-refractivity contribution in [2.45, 2.75) is 6.92 Å². The van der Waals surface area contributed by atoms with E-state index in [9.17, 15) is 4.39 Å². The molecule has 0 N–H and O–H groups in total. The van der Waals surface area contributed by atoms with Gasteiger partial charge in [0, 0.05) is 17.3 Å². The van der Waals surface area contributed by atoms with E-state index in [-0.39, 0.29) is 5.75 Å². The summed E-state index contributed by atoms with van der Waals surface area (Å²) in [5, 5.41) is 0.367. The average molecular weight is 253 g/mol. The molecule has 2 aromatic rings. The number of benzene rings is 1. The monoisotopic (exact) mass is 252 g/mol. The van der Waals surface area contributed by atoms with E-state index in [1.54, 1.807) is 19.2 Å². The molecule has 0 unspecified atom stereocenters. The molecule has 1 aromatic heterocycles. The molecule has 0 saturated carbocycles. The van der Waals surface area contributed by atoms with Gasteiger partial charge in [-0.3, -0.25) is 0 Å². The van der Waals surface area contributed by atoms with Gasteiger partial charge in [0.25, 0.3) is 0 Å². The largest absolute Gasteiger partial charge is 0.494 e. The van der Waals surface area contributed by atoms with Crippen LogP contribution >= 0.6 is 11.6 Å². The summed E-state index contributed by atoms with van der Waals surface area (Å²) in [6.45, 7) is 1.81. The van der Waals surface area contributed by atoms with E-state index in [1.165, 1.54) is 19.2 Å². The fourth-order valence-corrected chi connectivity index (χ4v) is 1.49. The van der Waals surface area contributed by atoms with Crippen molar-refractivity contribution in [2.24, 2.45) is 0 Å². The molecule has 0 aliphatic rings. The Balaban J connectivity index is 2.46. The van der Waals surface area contributed by atoms with E-state index in [0.717, 1.165) is 5.56 Å². The highest BCUT2D eigenvalue weighted by Crippen LogP contribution is 2.24. The van der Waals surface area contributed by atoms with Crippen LogP contribution in [0.25, 0.3) is 11.4 Å². The van der Waals surface area contributed by atoms with Crippen molar-refractivity contribution >= 4 is 11.6 Å². The van der Waals surface area contributed by atoms with Gasteiger partial charge in [-0.05, 0) is 25.1 Å². The van der Waals surface area contributed by atoms with Crippen LogP contribution in [0.15, 0.2) is 24.4 Å². The highest BCUT2D eigenvalue weighted by Gasteiger charge is 2.08. The van der Waals surface area contributed by atoms with E-state index in [4.69, 9.17) is 16.3 Å². The maximum Gasteiger partial charge on any atom is 0.165 e. The van der Waals surface area contributed by atoms with Crippen molar-refractivity contribution in [1.82, 2.24) is 9.97 Å². The Labute approximate surface area is 103 Å². The fraction of sp³-hybridized carbons (Fsp3) is 0.167. The second kappa shape index (κ2) is 4.67. The van der Waals surface area contributed by atoms with Gasteiger partial charge in [0.05, 0.1) is 7.11 Å². The van der Waals surface area contributed by atoms with Crippen LogP contribution in [0.4, 0.5) is 4.39 Å². The minimum absolute atomic E-state index is 0.187. The van der Waals surface area contributed by atoms with E-state index < -0.39 is 5.82 Å². The van der Waals surface area contributed by atoms with Crippen LogP contribution in [0.5, 0.6) is 5.75 Å². The van der Waals surface area contributed by atoms with Gasteiger partial charge in [-0.25, -0.2) is 14.4 Å². The molecule has 0 spiro atoms. The number of halogens is 2. The predicted octanol–water partition coefficient (Wildman–Crippen LogP) is 3.25. The quantitative estimate of drug-likeness (QED) is 0.770. The first-order valence-electron chi connectivity index (χ1n) is 4.95. The molecule has 2 rings (SSSR count). The molecule has 0 fully saturated rings. The number of nitrogens with zero attached hydrogens (tertiary/aromatic N) is 2. The van der Waals surface area contributed by atoms with Crippen molar-refractivity contribution in [3.05, 3.63) is 40.9 Å². The number of aromatic nitrogens is 2. The molecule has 1 heterocycles. The molecule has 1 aromatic carbocycles. The minimum Gasteiger partial charge on any atom is -0.494 e. The van der Waals surface area contributed by atoms with Gasteiger partial charge in [-0.15, -0.1) is 0 Å². The van der Waals surface area contributed by atoms with Crippen LogP contribution < -0.4 is 4.74 Å². The first-order chi connectivity index (χ1) is 8.11. The first-order valence-corrected chi connectivity index (χ1v) is 5.32. The normalized spacial score (nSPS) is 10.4. The van der Waals surface area contributed by atoms with Gasteiger partial charge in [0.2, 0.25) is 0 Å². The smallest absolute Gasteiger partial charge is 0.165 e. The lowest BCUT2D eigenvalue weighted by Gasteiger charge is -2.05. The van der Waals surface area contributed by atoms with E-state index >= 15 is 0 Å². The Morgan fingerprint density at radius 3 is 2.71 bits per heavy atom. The average Bonchev–Trinajstić information content (AvgIpc) is 2.32. The zero-order valence-electron chi connectivity index (χ0n) is 9.37. The molecule has 0 aliphatic heterocycles. The van der Waals surface area contributed by atoms with Crippen molar-refractivity contribution in [3.63, 3.8) is 0 Å². The molecule has 0 amide bonds. The van der Waals surface area contributed by atoms with Gasteiger partial charge in [0.1, 0.15) is 5.15 Å². The summed E-state index contributed by atoms with van der Waals surface area (Å²) in [6, 6.07) is 4.53. The molecule has 3 nitrogen and oxygen atoms in total. The van der Waals surface area contributed by atoms with Crippen LogP contribution in [-0.2, 0) is 0 Å². The summed E-state index contributed by atoms with van der Waals surface area (Å²) in [4.78, 5) is 8.19. The summed E-state index contributed by atoms with van der Waals surface area (Å²) >= 11 is 5.89. The standard InChI is InChI=1S/C12H10ClFN2O/c1-7-6-15-12(16-11(7)13)8-3-4-10(17-2)9(14)5-8/h3-6H,1-2H3. The lowest BCUT2D eigenvalue weighted by Crippen LogP contribution is -1.93. The molecule has 0 radical (unpaired) electrons. The number of hydrogen-bond donors (Lipinski definition) is 0. The van der Waals surface area contributed by atoms with Crippen LogP contribution in [0, 0.1) is 12.7 Å². The summed E-state index contributed by atoms with van der Waals surface area (Å²) in [5.41, 5.74) is 1.34. The highest BCUT2D eigenvalue weighted by atomic mass is 35.5. The van der Waals surface area contributed by atoms with Crippen molar-refractivity contribution in [2.75, 3.05) is 7.11 Å².